The monoisotopic (exact) mass is 208 g/mol. The van der Waals surface area contributed by atoms with Gasteiger partial charge in [0.25, 0.3) is 0 Å². The second-order valence-electron chi connectivity index (χ2n) is 3.16. The minimum absolute atomic E-state index is 0.253. The summed E-state index contributed by atoms with van der Waals surface area (Å²) in [5.41, 5.74) is 7.01. The minimum atomic E-state index is 0.253. The molecule has 3 heteroatoms. The van der Waals surface area contributed by atoms with Gasteiger partial charge in [-0.05, 0) is 23.9 Å². The molecule has 0 aliphatic rings. The molecule has 0 amide bonds. The lowest BCUT2D eigenvalue weighted by molar-refractivity contribution is 0.556. The second-order valence-corrected chi connectivity index (χ2v) is 4.11. The maximum atomic E-state index is 5.71. The van der Waals surface area contributed by atoms with E-state index in [2.05, 4.69) is 29.6 Å². The van der Waals surface area contributed by atoms with Crippen LogP contribution in [0, 0.1) is 19.3 Å². The largest absolute Gasteiger partial charge is 0.329 e. The predicted molar refractivity (Wildman–Crippen MR) is 62.3 cm³/mol. The fourth-order valence-electron chi connectivity index (χ4n) is 1.34. The Bertz CT molecular complexity index is 311. The fourth-order valence-corrected chi connectivity index (χ4v) is 2.36. The summed E-state index contributed by atoms with van der Waals surface area (Å²) < 4.78 is 0. The maximum absolute atomic E-state index is 5.71. The molecule has 0 spiro atoms. The Morgan fingerprint density at radius 3 is 3.00 bits per heavy atom. The fraction of sp³-hybridized carbons (Fsp3) is 0.455. The SMILES string of the molecule is C#CCCNC(CN)c1sccc1C. The average Bonchev–Trinajstić information content (AvgIpc) is 2.60. The van der Waals surface area contributed by atoms with Crippen LogP contribution in [0.1, 0.15) is 22.9 Å². The molecular formula is C11H16N2S. The molecule has 0 saturated carbocycles. The molecule has 0 aliphatic heterocycles. The third kappa shape index (κ3) is 2.85. The van der Waals surface area contributed by atoms with Gasteiger partial charge in [-0.2, -0.15) is 0 Å². The van der Waals surface area contributed by atoms with Gasteiger partial charge in [0.05, 0.1) is 6.04 Å². The Morgan fingerprint density at radius 1 is 1.71 bits per heavy atom. The maximum Gasteiger partial charge on any atom is 0.0542 e. The Labute approximate surface area is 89.5 Å². The Balaban J connectivity index is 2.55. The molecule has 1 heterocycles. The molecular weight excluding hydrogens is 192 g/mol. The first-order chi connectivity index (χ1) is 6.79. The molecule has 0 aromatic carbocycles. The van der Waals surface area contributed by atoms with Crippen LogP contribution >= 0.6 is 11.3 Å². The van der Waals surface area contributed by atoms with Gasteiger partial charge in [-0.3, -0.25) is 0 Å². The summed E-state index contributed by atoms with van der Waals surface area (Å²) in [6, 6.07) is 2.37. The van der Waals surface area contributed by atoms with Gasteiger partial charge in [0.1, 0.15) is 0 Å². The van der Waals surface area contributed by atoms with Crippen LogP contribution in [0.3, 0.4) is 0 Å². The van der Waals surface area contributed by atoms with Gasteiger partial charge in [0, 0.05) is 24.4 Å². The normalized spacial score (nSPS) is 12.4. The molecule has 1 rings (SSSR count). The number of rotatable bonds is 5. The van der Waals surface area contributed by atoms with E-state index in [1.807, 2.05) is 0 Å². The molecule has 1 atom stereocenters. The predicted octanol–water partition coefficient (Wildman–Crippen LogP) is 1.67. The number of hydrogen-bond donors (Lipinski definition) is 2. The van der Waals surface area contributed by atoms with Crippen molar-refractivity contribution in [2.24, 2.45) is 5.73 Å². The van der Waals surface area contributed by atoms with Crippen LogP contribution in [-0.2, 0) is 0 Å². The van der Waals surface area contributed by atoms with Crippen LogP contribution in [0.15, 0.2) is 11.4 Å². The average molecular weight is 208 g/mol. The zero-order valence-electron chi connectivity index (χ0n) is 8.42. The molecule has 3 N–H and O–H groups in total. The molecule has 0 radical (unpaired) electrons. The Kier molecular flexibility index (Phi) is 4.68. The molecule has 1 aromatic rings. The van der Waals surface area contributed by atoms with E-state index in [4.69, 9.17) is 12.2 Å². The number of nitrogens with two attached hydrogens (primary N) is 1. The highest BCUT2D eigenvalue weighted by Gasteiger charge is 2.11. The van der Waals surface area contributed by atoms with Crippen molar-refractivity contribution >= 4 is 11.3 Å². The van der Waals surface area contributed by atoms with Crippen molar-refractivity contribution in [1.29, 1.82) is 0 Å². The lowest BCUT2D eigenvalue weighted by Gasteiger charge is -2.15. The molecule has 2 nitrogen and oxygen atoms in total. The first-order valence-electron chi connectivity index (χ1n) is 4.70. The van der Waals surface area contributed by atoms with Crippen molar-refractivity contribution in [3.8, 4) is 12.3 Å². The zero-order valence-corrected chi connectivity index (χ0v) is 9.23. The number of thiophene rings is 1. The minimum Gasteiger partial charge on any atom is -0.329 e. The summed E-state index contributed by atoms with van der Waals surface area (Å²) >= 11 is 1.75. The van der Waals surface area contributed by atoms with Crippen molar-refractivity contribution in [1.82, 2.24) is 5.32 Å². The van der Waals surface area contributed by atoms with Crippen molar-refractivity contribution in [3.63, 3.8) is 0 Å². The van der Waals surface area contributed by atoms with Crippen LogP contribution in [0.2, 0.25) is 0 Å². The number of aryl methyl sites for hydroxylation is 1. The third-order valence-corrected chi connectivity index (χ3v) is 3.25. The molecule has 0 saturated heterocycles. The van der Waals surface area contributed by atoms with Crippen LogP contribution in [0.25, 0.3) is 0 Å². The first-order valence-corrected chi connectivity index (χ1v) is 5.58. The summed E-state index contributed by atoms with van der Waals surface area (Å²) in [7, 11) is 0. The van der Waals surface area contributed by atoms with Crippen molar-refractivity contribution in [2.45, 2.75) is 19.4 Å². The summed E-state index contributed by atoms with van der Waals surface area (Å²) in [5.74, 6) is 2.61. The number of hydrogen-bond acceptors (Lipinski definition) is 3. The van der Waals surface area contributed by atoms with Crippen LogP contribution in [0.5, 0.6) is 0 Å². The van der Waals surface area contributed by atoms with Gasteiger partial charge in [-0.15, -0.1) is 23.7 Å². The lowest BCUT2D eigenvalue weighted by Crippen LogP contribution is -2.28. The van der Waals surface area contributed by atoms with Crippen molar-refractivity contribution in [2.75, 3.05) is 13.1 Å². The van der Waals surface area contributed by atoms with E-state index in [0.29, 0.717) is 6.54 Å². The smallest absolute Gasteiger partial charge is 0.0542 e. The lowest BCUT2D eigenvalue weighted by atomic mass is 10.1. The van der Waals surface area contributed by atoms with Crippen molar-refractivity contribution < 1.29 is 0 Å². The summed E-state index contributed by atoms with van der Waals surface area (Å²) in [6.45, 7) is 3.55. The highest BCUT2D eigenvalue weighted by Crippen LogP contribution is 2.22. The molecule has 0 aliphatic carbocycles. The van der Waals surface area contributed by atoms with Gasteiger partial charge in [-0.25, -0.2) is 0 Å². The Hall–Kier alpha value is -0.820. The van der Waals surface area contributed by atoms with Crippen LogP contribution in [-0.4, -0.2) is 13.1 Å². The van der Waals surface area contributed by atoms with E-state index in [9.17, 15) is 0 Å². The Morgan fingerprint density at radius 2 is 2.50 bits per heavy atom. The highest BCUT2D eigenvalue weighted by molar-refractivity contribution is 7.10. The summed E-state index contributed by atoms with van der Waals surface area (Å²) in [5, 5.41) is 5.45. The summed E-state index contributed by atoms with van der Waals surface area (Å²) in [6.07, 6.45) is 5.94. The number of terminal acetylenes is 1. The van der Waals surface area contributed by atoms with Crippen LogP contribution < -0.4 is 11.1 Å². The molecule has 1 unspecified atom stereocenters. The van der Waals surface area contributed by atoms with Gasteiger partial charge in [0.2, 0.25) is 0 Å². The number of nitrogens with one attached hydrogen (secondary N) is 1. The highest BCUT2D eigenvalue weighted by atomic mass is 32.1. The van der Waals surface area contributed by atoms with Crippen LogP contribution in [0.4, 0.5) is 0 Å². The molecule has 76 valence electrons. The van der Waals surface area contributed by atoms with Crippen molar-refractivity contribution in [3.05, 3.63) is 21.9 Å². The van der Waals surface area contributed by atoms with E-state index in [1.54, 1.807) is 11.3 Å². The standard InChI is InChI=1S/C11H16N2S/c1-3-4-6-13-10(8-12)11-9(2)5-7-14-11/h1,5,7,10,13H,4,6,8,12H2,2H3. The quantitative estimate of drug-likeness (QED) is 0.570. The van der Waals surface area contributed by atoms with Gasteiger partial charge in [-0.1, -0.05) is 0 Å². The van der Waals surface area contributed by atoms with E-state index in [1.165, 1.54) is 10.4 Å². The van der Waals surface area contributed by atoms with Gasteiger partial charge < -0.3 is 11.1 Å². The topological polar surface area (TPSA) is 38.0 Å². The van der Waals surface area contributed by atoms with E-state index in [0.717, 1.165) is 13.0 Å². The molecule has 14 heavy (non-hydrogen) atoms. The summed E-state index contributed by atoms with van der Waals surface area (Å²) in [4.78, 5) is 1.32. The molecule has 0 bridgehead atoms. The van der Waals surface area contributed by atoms with E-state index in [-0.39, 0.29) is 6.04 Å². The molecule has 0 fully saturated rings. The molecule has 1 aromatic heterocycles. The zero-order chi connectivity index (χ0) is 10.4. The van der Waals surface area contributed by atoms with Gasteiger partial charge in [0.15, 0.2) is 0 Å². The van der Waals surface area contributed by atoms with Gasteiger partial charge >= 0.3 is 0 Å². The third-order valence-electron chi connectivity index (χ3n) is 2.11. The van der Waals surface area contributed by atoms with E-state index >= 15 is 0 Å². The second kappa shape index (κ2) is 5.82. The first kappa shape index (κ1) is 11.3. The van der Waals surface area contributed by atoms with E-state index < -0.39 is 0 Å².